The fraction of sp³-hybridized carbons (Fsp3) is 0.818. The summed E-state index contributed by atoms with van der Waals surface area (Å²) in [6.07, 6.45) is 3.98. The van der Waals surface area contributed by atoms with E-state index in [1.165, 1.54) is 11.5 Å². The molecule has 0 aliphatic carbocycles. The van der Waals surface area contributed by atoms with Crippen molar-refractivity contribution in [1.82, 2.24) is 10.2 Å². The second kappa shape index (κ2) is 5.19. The first-order chi connectivity index (χ1) is 7.74. The van der Waals surface area contributed by atoms with Crippen molar-refractivity contribution in [3.63, 3.8) is 0 Å². The molecule has 1 aliphatic rings. The molecule has 0 amide bonds. The summed E-state index contributed by atoms with van der Waals surface area (Å²) in [5.74, 6) is 3.94. The number of aryl methyl sites for hydroxylation is 1. The molecule has 4 nitrogen and oxygen atoms in total. The molecule has 0 radical (unpaired) electrons. The van der Waals surface area contributed by atoms with Crippen molar-refractivity contribution in [1.29, 1.82) is 0 Å². The Morgan fingerprint density at radius 3 is 2.81 bits per heavy atom. The maximum Gasteiger partial charge on any atom is 0.222 e. The van der Waals surface area contributed by atoms with Crippen LogP contribution in [0.3, 0.4) is 0 Å². The summed E-state index contributed by atoms with van der Waals surface area (Å²) in [4.78, 5) is 0. The Bertz CT molecular complexity index is 334. The van der Waals surface area contributed by atoms with E-state index in [1.54, 1.807) is 0 Å². The molecule has 90 valence electrons. The summed E-state index contributed by atoms with van der Waals surface area (Å²) >= 11 is 2.01. The smallest absolute Gasteiger partial charge is 0.222 e. The van der Waals surface area contributed by atoms with Crippen molar-refractivity contribution < 1.29 is 4.42 Å². The largest absolute Gasteiger partial charge is 0.425 e. The third kappa shape index (κ3) is 2.58. The molecule has 0 spiro atoms. The van der Waals surface area contributed by atoms with Crippen molar-refractivity contribution in [2.75, 3.05) is 18.1 Å². The maximum atomic E-state index is 5.74. The van der Waals surface area contributed by atoms with Crippen molar-refractivity contribution in [2.45, 2.75) is 38.0 Å². The normalized spacial score (nSPS) is 19.9. The highest BCUT2D eigenvalue weighted by Crippen LogP contribution is 2.36. The second-order valence-electron chi connectivity index (χ2n) is 4.57. The molecule has 2 heterocycles. The third-order valence-corrected chi connectivity index (χ3v) is 4.16. The average Bonchev–Trinajstić information content (AvgIpc) is 2.77. The van der Waals surface area contributed by atoms with Crippen molar-refractivity contribution in [3.8, 4) is 0 Å². The summed E-state index contributed by atoms with van der Waals surface area (Å²) in [5.41, 5.74) is 5.56. The van der Waals surface area contributed by atoms with Crippen LogP contribution in [0.25, 0.3) is 0 Å². The van der Waals surface area contributed by atoms with Gasteiger partial charge in [-0.15, -0.1) is 10.2 Å². The minimum atomic E-state index is 0.0964. The molecule has 0 atom stereocenters. The molecule has 5 heteroatoms. The monoisotopic (exact) mass is 241 g/mol. The molecule has 0 saturated carbocycles. The Labute approximate surface area is 100 Å². The molecule has 1 aromatic heterocycles. The van der Waals surface area contributed by atoms with Gasteiger partial charge in [0.05, 0.1) is 0 Å². The second-order valence-corrected chi connectivity index (χ2v) is 5.79. The lowest BCUT2D eigenvalue weighted by molar-refractivity contribution is 0.312. The van der Waals surface area contributed by atoms with Crippen molar-refractivity contribution >= 4 is 11.8 Å². The summed E-state index contributed by atoms with van der Waals surface area (Å²) < 4.78 is 5.74. The molecule has 0 bridgehead atoms. The van der Waals surface area contributed by atoms with Crippen LogP contribution in [0, 0.1) is 0 Å². The van der Waals surface area contributed by atoms with Gasteiger partial charge in [-0.05, 0) is 37.3 Å². The van der Waals surface area contributed by atoms with E-state index in [4.69, 9.17) is 10.2 Å². The third-order valence-electron chi connectivity index (χ3n) is 3.17. The highest BCUT2D eigenvalue weighted by atomic mass is 32.2. The lowest BCUT2D eigenvalue weighted by Gasteiger charge is -2.29. The van der Waals surface area contributed by atoms with E-state index in [2.05, 4.69) is 17.1 Å². The topological polar surface area (TPSA) is 64.9 Å². The van der Waals surface area contributed by atoms with E-state index >= 15 is 0 Å². The summed E-state index contributed by atoms with van der Waals surface area (Å²) in [6.45, 7) is 2.90. The first kappa shape index (κ1) is 11.9. The van der Waals surface area contributed by atoms with Gasteiger partial charge in [0.25, 0.3) is 0 Å². The van der Waals surface area contributed by atoms with Crippen LogP contribution in [-0.2, 0) is 11.8 Å². The van der Waals surface area contributed by atoms with Gasteiger partial charge in [0, 0.05) is 11.8 Å². The number of aromatic nitrogens is 2. The van der Waals surface area contributed by atoms with Gasteiger partial charge in [-0.3, -0.25) is 0 Å². The molecule has 0 aromatic carbocycles. The van der Waals surface area contributed by atoms with Crippen LogP contribution >= 0.6 is 11.8 Å². The highest BCUT2D eigenvalue weighted by molar-refractivity contribution is 7.99. The summed E-state index contributed by atoms with van der Waals surface area (Å²) in [5, 5.41) is 8.29. The Morgan fingerprint density at radius 2 is 2.12 bits per heavy atom. The van der Waals surface area contributed by atoms with Crippen molar-refractivity contribution in [3.05, 3.63) is 11.8 Å². The van der Waals surface area contributed by atoms with E-state index in [9.17, 15) is 0 Å². The van der Waals surface area contributed by atoms with Gasteiger partial charge in [-0.25, -0.2) is 0 Å². The van der Waals surface area contributed by atoms with E-state index in [-0.39, 0.29) is 5.41 Å². The molecule has 0 unspecified atom stereocenters. The lowest BCUT2D eigenvalue weighted by Crippen LogP contribution is -2.27. The standard InChI is InChI=1S/C11H19N3OS/c1-11(4-7-16-8-5-11)10-14-13-9(15-10)3-2-6-12/h2-8,12H2,1H3. The molecule has 1 aromatic rings. The van der Waals surface area contributed by atoms with Gasteiger partial charge in [-0.2, -0.15) is 11.8 Å². The van der Waals surface area contributed by atoms with E-state index in [0.29, 0.717) is 6.54 Å². The minimum absolute atomic E-state index is 0.0964. The molecular weight excluding hydrogens is 222 g/mol. The molecule has 16 heavy (non-hydrogen) atoms. The molecule has 1 saturated heterocycles. The van der Waals surface area contributed by atoms with E-state index in [1.807, 2.05) is 11.8 Å². The molecule has 2 rings (SSSR count). The minimum Gasteiger partial charge on any atom is -0.425 e. The summed E-state index contributed by atoms with van der Waals surface area (Å²) in [7, 11) is 0. The highest BCUT2D eigenvalue weighted by Gasteiger charge is 2.34. The fourth-order valence-electron chi connectivity index (χ4n) is 1.89. The van der Waals surface area contributed by atoms with Crippen LogP contribution in [0.1, 0.15) is 38.0 Å². The predicted octanol–water partition coefficient (Wildman–Crippen LogP) is 1.75. The number of hydrogen-bond donors (Lipinski definition) is 1. The van der Waals surface area contributed by atoms with E-state index < -0.39 is 0 Å². The zero-order valence-corrected chi connectivity index (χ0v) is 10.6. The molecular formula is C11H19N3OS. The van der Waals surface area contributed by atoms with Crippen LogP contribution in [0.5, 0.6) is 0 Å². The number of nitrogens with two attached hydrogens (primary N) is 1. The van der Waals surface area contributed by atoms with Gasteiger partial charge in [0.15, 0.2) is 0 Å². The molecule has 1 fully saturated rings. The quantitative estimate of drug-likeness (QED) is 0.870. The molecule has 1 aliphatic heterocycles. The SMILES string of the molecule is CC1(c2nnc(CCCN)o2)CCSCC1. The van der Waals surface area contributed by atoms with Gasteiger partial charge in [0.1, 0.15) is 0 Å². The fourth-order valence-corrected chi connectivity index (χ4v) is 3.28. The Hall–Kier alpha value is -0.550. The van der Waals surface area contributed by atoms with Crippen LogP contribution < -0.4 is 5.73 Å². The van der Waals surface area contributed by atoms with Crippen LogP contribution in [0.4, 0.5) is 0 Å². The van der Waals surface area contributed by atoms with Gasteiger partial charge >= 0.3 is 0 Å². The van der Waals surface area contributed by atoms with Gasteiger partial charge in [-0.1, -0.05) is 6.92 Å². The Morgan fingerprint density at radius 1 is 1.38 bits per heavy atom. The van der Waals surface area contributed by atoms with Gasteiger partial charge < -0.3 is 10.2 Å². The van der Waals surface area contributed by atoms with Crippen molar-refractivity contribution in [2.24, 2.45) is 5.73 Å². The van der Waals surface area contributed by atoms with Gasteiger partial charge in [0.2, 0.25) is 11.8 Å². The maximum absolute atomic E-state index is 5.74. The number of thioether (sulfide) groups is 1. The molecule has 2 N–H and O–H groups in total. The first-order valence-electron chi connectivity index (χ1n) is 5.85. The van der Waals surface area contributed by atoms with Crippen LogP contribution in [0.15, 0.2) is 4.42 Å². The Balaban J connectivity index is 2.05. The lowest BCUT2D eigenvalue weighted by atomic mass is 9.84. The van der Waals surface area contributed by atoms with Crippen LogP contribution in [-0.4, -0.2) is 28.2 Å². The predicted molar refractivity (Wildman–Crippen MR) is 65.6 cm³/mol. The number of rotatable bonds is 4. The zero-order chi connectivity index (χ0) is 11.4. The van der Waals surface area contributed by atoms with E-state index in [0.717, 1.165) is 37.5 Å². The Kier molecular flexibility index (Phi) is 3.86. The zero-order valence-electron chi connectivity index (χ0n) is 9.74. The first-order valence-corrected chi connectivity index (χ1v) is 7.01. The van der Waals surface area contributed by atoms with Crippen LogP contribution in [0.2, 0.25) is 0 Å². The summed E-state index contributed by atoms with van der Waals surface area (Å²) in [6, 6.07) is 0. The number of nitrogens with zero attached hydrogens (tertiary/aromatic N) is 2. The average molecular weight is 241 g/mol. The number of hydrogen-bond acceptors (Lipinski definition) is 5.